The monoisotopic (exact) mass is 281 g/mol. The first-order valence-corrected chi connectivity index (χ1v) is 6.08. The molecule has 0 radical (unpaired) electrons. The molecule has 0 bridgehead atoms. The third-order valence-corrected chi connectivity index (χ3v) is 3.30. The number of nitrogens with one attached hydrogen (secondary N) is 1. The highest BCUT2D eigenvalue weighted by molar-refractivity contribution is 5.65. The highest BCUT2D eigenvalue weighted by atomic mass is 19.4. The van der Waals surface area contributed by atoms with Gasteiger partial charge in [-0.3, -0.25) is 4.79 Å². The van der Waals surface area contributed by atoms with Crippen LogP contribution >= 0.6 is 0 Å². The van der Waals surface area contributed by atoms with Gasteiger partial charge in [-0.05, 0) is 49.6 Å². The molecule has 0 unspecified atom stereocenters. The molecule has 0 aliphatic rings. The maximum atomic E-state index is 12.8. The lowest BCUT2D eigenvalue weighted by Gasteiger charge is -2.12. The lowest BCUT2D eigenvalue weighted by Crippen LogP contribution is -2.14. The van der Waals surface area contributed by atoms with E-state index in [4.69, 9.17) is 0 Å². The van der Waals surface area contributed by atoms with Gasteiger partial charge in [0.2, 0.25) is 5.56 Å². The van der Waals surface area contributed by atoms with Crippen LogP contribution in [0.25, 0.3) is 11.3 Å². The van der Waals surface area contributed by atoms with E-state index in [-0.39, 0.29) is 5.69 Å². The van der Waals surface area contributed by atoms with Gasteiger partial charge in [0.25, 0.3) is 0 Å². The maximum absolute atomic E-state index is 12.8. The summed E-state index contributed by atoms with van der Waals surface area (Å²) in [5, 5.41) is 0. The van der Waals surface area contributed by atoms with E-state index >= 15 is 0 Å². The summed E-state index contributed by atoms with van der Waals surface area (Å²) in [5.74, 6) is 0. The summed E-state index contributed by atoms with van der Waals surface area (Å²) < 4.78 is 38.3. The van der Waals surface area contributed by atoms with Crippen LogP contribution in [0.5, 0.6) is 0 Å². The number of hydrogen-bond donors (Lipinski definition) is 1. The molecule has 1 aromatic carbocycles. The van der Waals surface area contributed by atoms with Crippen molar-refractivity contribution in [1.29, 1.82) is 0 Å². The van der Waals surface area contributed by atoms with Gasteiger partial charge in [0, 0.05) is 17.3 Å². The van der Waals surface area contributed by atoms with Crippen LogP contribution < -0.4 is 5.56 Å². The second kappa shape index (κ2) is 4.81. The smallest absolute Gasteiger partial charge is 0.322 e. The summed E-state index contributed by atoms with van der Waals surface area (Å²) in [5.41, 5.74) is 1.94. The molecule has 0 saturated carbocycles. The standard InChI is InChI=1S/C15H14F3NO/c1-8-4-10(3)12(5-9(8)2)13-6-11(15(16,17)18)7-14(20)19-13/h4-7H,1-3H3,(H,19,20). The van der Waals surface area contributed by atoms with E-state index in [2.05, 4.69) is 4.98 Å². The summed E-state index contributed by atoms with van der Waals surface area (Å²) in [6.45, 7) is 5.62. The third-order valence-electron chi connectivity index (χ3n) is 3.30. The Morgan fingerprint density at radius 1 is 0.900 bits per heavy atom. The number of aryl methyl sites for hydroxylation is 3. The molecule has 1 heterocycles. The molecule has 0 aliphatic carbocycles. The van der Waals surface area contributed by atoms with Gasteiger partial charge in [-0.1, -0.05) is 6.07 Å². The minimum Gasteiger partial charge on any atom is -0.322 e. The fourth-order valence-corrected chi connectivity index (χ4v) is 2.10. The lowest BCUT2D eigenvalue weighted by atomic mass is 9.98. The Hall–Kier alpha value is -2.04. The second-order valence-corrected chi connectivity index (χ2v) is 4.90. The zero-order chi connectivity index (χ0) is 15.1. The van der Waals surface area contributed by atoms with Crippen molar-refractivity contribution in [2.75, 3.05) is 0 Å². The second-order valence-electron chi connectivity index (χ2n) is 4.90. The van der Waals surface area contributed by atoms with E-state index in [1.807, 2.05) is 19.9 Å². The average molecular weight is 281 g/mol. The lowest BCUT2D eigenvalue weighted by molar-refractivity contribution is -0.137. The van der Waals surface area contributed by atoms with E-state index in [9.17, 15) is 18.0 Å². The van der Waals surface area contributed by atoms with Crippen molar-refractivity contribution in [3.05, 3.63) is 56.9 Å². The van der Waals surface area contributed by atoms with E-state index in [1.54, 1.807) is 13.0 Å². The molecular formula is C15H14F3NO. The molecule has 5 heteroatoms. The average Bonchev–Trinajstić information content (AvgIpc) is 2.32. The van der Waals surface area contributed by atoms with E-state index < -0.39 is 17.3 Å². The minimum atomic E-state index is -4.53. The zero-order valence-electron chi connectivity index (χ0n) is 11.4. The van der Waals surface area contributed by atoms with Crippen molar-refractivity contribution in [2.24, 2.45) is 0 Å². The summed E-state index contributed by atoms with van der Waals surface area (Å²) in [6.07, 6.45) is -4.53. The van der Waals surface area contributed by atoms with Gasteiger partial charge in [0.15, 0.2) is 0 Å². The predicted octanol–water partition coefficient (Wildman–Crippen LogP) is 3.99. The molecule has 0 saturated heterocycles. The Morgan fingerprint density at radius 3 is 2.10 bits per heavy atom. The van der Waals surface area contributed by atoms with Gasteiger partial charge in [-0.15, -0.1) is 0 Å². The molecule has 0 spiro atoms. The molecule has 2 aromatic rings. The summed E-state index contributed by atoms with van der Waals surface area (Å²) in [7, 11) is 0. The Labute approximate surface area is 114 Å². The summed E-state index contributed by atoms with van der Waals surface area (Å²) in [6, 6.07) is 5.22. The van der Waals surface area contributed by atoms with Crippen LogP contribution in [0.3, 0.4) is 0 Å². The van der Waals surface area contributed by atoms with Crippen molar-refractivity contribution in [2.45, 2.75) is 26.9 Å². The van der Waals surface area contributed by atoms with Crippen molar-refractivity contribution in [3.8, 4) is 11.3 Å². The van der Waals surface area contributed by atoms with Crippen LogP contribution in [-0.2, 0) is 6.18 Å². The number of benzene rings is 1. The zero-order valence-corrected chi connectivity index (χ0v) is 11.4. The van der Waals surface area contributed by atoms with Gasteiger partial charge in [0.1, 0.15) is 0 Å². The summed E-state index contributed by atoms with van der Waals surface area (Å²) in [4.78, 5) is 13.9. The molecule has 2 nitrogen and oxygen atoms in total. The van der Waals surface area contributed by atoms with Crippen LogP contribution in [0.2, 0.25) is 0 Å². The molecule has 20 heavy (non-hydrogen) atoms. The number of hydrogen-bond acceptors (Lipinski definition) is 1. The largest absolute Gasteiger partial charge is 0.416 e. The number of H-pyrrole nitrogens is 1. The number of alkyl halides is 3. The predicted molar refractivity (Wildman–Crippen MR) is 71.7 cm³/mol. The van der Waals surface area contributed by atoms with E-state index in [0.29, 0.717) is 11.6 Å². The molecule has 0 fully saturated rings. The molecule has 0 amide bonds. The van der Waals surface area contributed by atoms with Gasteiger partial charge >= 0.3 is 6.18 Å². The first kappa shape index (κ1) is 14.4. The minimum absolute atomic E-state index is 0.186. The van der Waals surface area contributed by atoms with Crippen LogP contribution in [0.1, 0.15) is 22.3 Å². The van der Waals surface area contributed by atoms with Crippen molar-refractivity contribution in [1.82, 2.24) is 4.98 Å². The first-order valence-electron chi connectivity index (χ1n) is 6.08. The van der Waals surface area contributed by atoms with Gasteiger partial charge in [-0.2, -0.15) is 13.2 Å². The van der Waals surface area contributed by atoms with Crippen molar-refractivity contribution >= 4 is 0 Å². The fraction of sp³-hybridized carbons (Fsp3) is 0.267. The number of aromatic nitrogens is 1. The highest BCUT2D eigenvalue weighted by Crippen LogP contribution is 2.31. The Kier molecular flexibility index (Phi) is 3.46. The molecule has 106 valence electrons. The summed E-state index contributed by atoms with van der Waals surface area (Å²) >= 11 is 0. The van der Waals surface area contributed by atoms with Crippen LogP contribution in [0, 0.1) is 20.8 Å². The number of pyridine rings is 1. The molecular weight excluding hydrogens is 267 g/mol. The quantitative estimate of drug-likeness (QED) is 0.842. The first-order chi connectivity index (χ1) is 9.18. The van der Waals surface area contributed by atoms with Gasteiger partial charge in [0.05, 0.1) is 5.56 Å². The maximum Gasteiger partial charge on any atom is 0.416 e. The van der Waals surface area contributed by atoms with Crippen LogP contribution in [-0.4, -0.2) is 4.98 Å². The van der Waals surface area contributed by atoms with Crippen LogP contribution in [0.15, 0.2) is 29.1 Å². The normalized spacial score (nSPS) is 11.7. The number of aromatic amines is 1. The Bertz CT molecular complexity index is 714. The topological polar surface area (TPSA) is 32.9 Å². The Balaban J connectivity index is 2.68. The van der Waals surface area contributed by atoms with Crippen LogP contribution in [0.4, 0.5) is 13.2 Å². The highest BCUT2D eigenvalue weighted by Gasteiger charge is 2.31. The van der Waals surface area contributed by atoms with Gasteiger partial charge < -0.3 is 4.98 Å². The van der Waals surface area contributed by atoms with Crippen molar-refractivity contribution < 1.29 is 13.2 Å². The molecule has 1 N–H and O–H groups in total. The molecule has 2 rings (SSSR count). The SMILES string of the molecule is Cc1cc(C)c(-c2cc(C(F)(F)F)cc(=O)[nH]2)cc1C. The fourth-order valence-electron chi connectivity index (χ4n) is 2.10. The van der Waals surface area contributed by atoms with Gasteiger partial charge in [-0.25, -0.2) is 0 Å². The third kappa shape index (κ3) is 2.76. The Morgan fingerprint density at radius 2 is 1.50 bits per heavy atom. The van der Waals surface area contributed by atoms with E-state index in [1.165, 1.54) is 0 Å². The van der Waals surface area contributed by atoms with Crippen molar-refractivity contribution in [3.63, 3.8) is 0 Å². The van der Waals surface area contributed by atoms with E-state index in [0.717, 1.165) is 22.8 Å². The number of halogens is 3. The molecule has 0 aliphatic heterocycles. The molecule has 0 atom stereocenters. The molecule has 1 aromatic heterocycles. The number of rotatable bonds is 1.